The smallest absolute Gasteiger partial charge is 0.341 e. The topological polar surface area (TPSA) is 75.6 Å². The van der Waals surface area contributed by atoms with Crippen molar-refractivity contribution in [2.24, 2.45) is 0 Å². The van der Waals surface area contributed by atoms with Crippen LogP contribution in [0.25, 0.3) is 10.8 Å². The molecule has 126 valence electrons. The summed E-state index contributed by atoms with van der Waals surface area (Å²) in [5, 5.41) is 13.2. The minimum absolute atomic E-state index is 0.115. The van der Waals surface area contributed by atoms with E-state index in [9.17, 15) is 9.59 Å². The number of nitrogens with one attached hydrogen (secondary N) is 1. The summed E-state index contributed by atoms with van der Waals surface area (Å²) in [6.07, 6.45) is 0.284. The predicted molar refractivity (Wildman–Crippen MR) is 95.9 cm³/mol. The summed E-state index contributed by atoms with van der Waals surface area (Å²) in [6, 6.07) is 20.3. The summed E-state index contributed by atoms with van der Waals surface area (Å²) in [5.41, 5.74) is 1.60. The first-order valence-electron chi connectivity index (χ1n) is 7.83. The van der Waals surface area contributed by atoms with Crippen LogP contribution in [0.15, 0.2) is 66.7 Å². The van der Waals surface area contributed by atoms with Crippen LogP contribution in [0, 0.1) is 0 Å². The van der Waals surface area contributed by atoms with Gasteiger partial charge in [0.15, 0.2) is 6.61 Å². The number of aliphatic carboxylic acids is 1. The number of carbonyl (C=O) groups is 2. The van der Waals surface area contributed by atoms with Crippen LogP contribution in [-0.4, -0.2) is 23.6 Å². The number of benzene rings is 3. The Morgan fingerprint density at radius 1 is 0.880 bits per heavy atom. The molecule has 25 heavy (non-hydrogen) atoms. The Hall–Kier alpha value is -3.34. The molecule has 0 bridgehead atoms. The Morgan fingerprint density at radius 2 is 1.56 bits per heavy atom. The Morgan fingerprint density at radius 3 is 2.28 bits per heavy atom. The van der Waals surface area contributed by atoms with Crippen molar-refractivity contribution in [3.63, 3.8) is 0 Å². The van der Waals surface area contributed by atoms with Gasteiger partial charge in [0.2, 0.25) is 5.91 Å². The highest BCUT2D eigenvalue weighted by Crippen LogP contribution is 2.31. The Balaban J connectivity index is 1.83. The molecule has 0 aliphatic rings. The van der Waals surface area contributed by atoms with E-state index < -0.39 is 12.6 Å². The molecule has 2 N–H and O–H groups in total. The van der Waals surface area contributed by atoms with Gasteiger partial charge in [0.25, 0.3) is 0 Å². The molecule has 3 aromatic rings. The molecule has 5 nitrogen and oxygen atoms in total. The number of amides is 1. The number of hydrogen-bond acceptors (Lipinski definition) is 3. The second kappa shape index (κ2) is 7.49. The zero-order chi connectivity index (χ0) is 17.6. The van der Waals surface area contributed by atoms with Crippen molar-refractivity contribution in [2.75, 3.05) is 11.9 Å². The highest BCUT2D eigenvalue weighted by Gasteiger charge is 2.11. The van der Waals surface area contributed by atoms with E-state index in [-0.39, 0.29) is 12.3 Å². The molecule has 0 aliphatic carbocycles. The van der Waals surface area contributed by atoms with Gasteiger partial charge in [0, 0.05) is 16.5 Å². The van der Waals surface area contributed by atoms with Crippen LogP contribution >= 0.6 is 0 Å². The number of carboxylic acid groups (broad SMARTS) is 1. The minimum atomic E-state index is -1.04. The number of ether oxygens (including phenoxy) is 1. The lowest BCUT2D eigenvalue weighted by Crippen LogP contribution is -2.15. The zero-order valence-electron chi connectivity index (χ0n) is 13.4. The first kappa shape index (κ1) is 16.5. The van der Waals surface area contributed by atoms with E-state index in [0.29, 0.717) is 11.4 Å². The van der Waals surface area contributed by atoms with Crippen molar-refractivity contribution < 1.29 is 19.4 Å². The lowest BCUT2D eigenvalue weighted by molar-refractivity contribution is -0.139. The van der Waals surface area contributed by atoms with Gasteiger partial charge < -0.3 is 15.2 Å². The minimum Gasteiger partial charge on any atom is -0.481 e. The molecule has 0 saturated carbocycles. The van der Waals surface area contributed by atoms with Gasteiger partial charge in [-0.05, 0) is 17.7 Å². The number of rotatable bonds is 6. The fraction of sp³-hybridized carbons (Fsp3) is 0.100. The molecule has 3 aromatic carbocycles. The summed E-state index contributed by atoms with van der Waals surface area (Å²) in [5.74, 6) is -0.682. The quantitative estimate of drug-likeness (QED) is 0.723. The van der Waals surface area contributed by atoms with Crippen LogP contribution in [0.2, 0.25) is 0 Å². The van der Waals surface area contributed by atoms with E-state index in [0.717, 1.165) is 16.3 Å². The zero-order valence-corrected chi connectivity index (χ0v) is 13.4. The van der Waals surface area contributed by atoms with Gasteiger partial charge in [-0.1, -0.05) is 54.6 Å². The molecular formula is C20H17NO4. The van der Waals surface area contributed by atoms with Crippen LogP contribution in [0.5, 0.6) is 5.75 Å². The molecule has 0 spiro atoms. The largest absolute Gasteiger partial charge is 0.481 e. The van der Waals surface area contributed by atoms with Crippen LogP contribution in [-0.2, 0) is 16.0 Å². The van der Waals surface area contributed by atoms with Gasteiger partial charge in [0.05, 0.1) is 6.42 Å². The lowest BCUT2D eigenvalue weighted by Gasteiger charge is -2.12. The molecule has 0 atom stereocenters. The number of anilines is 1. The van der Waals surface area contributed by atoms with E-state index in [4.69, 9.17) is 9.84 Å². The third-order valence-electron chi connectivity index (χ3n) is 3.72. The fourth-order valence-corrected chi connectivity index (χ4v) is 2.62. The van der Waals surface area contributed by atoms with Crippen LogP contribution in [0.1, 0.15) is 5.56 Å². The molecule has 0 radical (unpaired) electrons. The molecular weight excluding hydrogens is 318 g/mol. The maximum Gasteiger partial charge on any atom is 0.341 e. The molecule has 0 unspecified atom stereocenters. The maximum atomic E-state index is 12.3. The van der Waals surface area contributed by atoms with Crippen molar-refractivity contribution in [1.82, 2.24) is 0 Å². The summed E-state index contributed by atoms with van der Waals surface area (Å²) in [4.78, 5) is 23.0. The Bertz CT molecular complexity index is 906. The second-order valence-electron chi connectivity index (χ2n) is 5.55. The Labute approximate surface area is 144 Å². The standard InChI is InChI=1S/C20H17NO4/c22-19(12-14-6-2-1-3-7-14)21-17-10-11-18(25-13-20(23)24)16-9-5-4-8-15(16)17/h1-11H,12-13H2,(H,21,22)(H,23,24). The van der Waals surface area contributed by atoms with Gasteiger partial charge in [-0.25, -0.2) is 4.79 Å². The third kappa shape index (κ3) is 4.14. The maximum absolute atomic E-state index is 12.3. The van der Waals surface area contributed by atoms with Gasteiger partial charge in [0.1, 0.15) is 5.75 Å². The van der Waals surface area contributed by atoms with Gasteiger partial charge in [-0.15, -0.1) is 0 Å². The van der Waals surface area contributed by atoms with E-state index in [2.05, 4.69) is 5.32 Å². The number of hydrogen-bond donors (Lipinski definition) is 2. The predicted octanol–water partition coefficient (Wildman–Crippen LogP) is 3.48. The van der Waals surface area contributed by atoms with Gasteiger partial charge in [-0.2, -0.15) is 0 Å². The average molecular weight is 335 g/mol. The average Bonchev–Trinajstić information content (AvgIpc) is 2.61. The summed E-state index contributed by atoms with van der Waals surface area (Å²) in [6.45, 7) is -0.413. The van der Waals surface area contributed by atoms with E-state index in [1.807, 2.05) is 54.6 Å². The monoisotopic (exact) mass is 335 g/mol. The molecule has 3 rings (SSSR count). The van der Waals surface area contributed by atoms with Crippen molar-refractivity contribution in [1.29, 1.82) is 0 Å². The second-order valence-corrected chi connectivity index (χ2v) is 5.55. The molecule has 1 amide bonds. The number of fused-ring (bicyclic) bond motifs is 1. The first-order valence-corrected chi connectivity index (χ1v) is 7.83. The highest BCUT2D eigenvalue weighted by molar-refractivity contribution is 6.04. The normalized spacial score (nSPS) is 10.4. The molecule has 0 aromatic heterocycles. The lowest BCUT2D eigenvalue weighted by atomic mass is 10.1. The van der Waals surface area contributed by atoms with Crippen molar-refractivity contribution in [3.8, 4) is 5.75 Å². The molecule has 0 saturated heterocycles. The van der Waals surface area contributed by atoms with Crippen LogP contribution in [0.4, 0.5) is 5.69 Å². The van der Waals surface area contributed by atoms with Gasteiger partial charge >= 0.3 is 5.97 Å². The van der Waals surface area contributed by atoms with Crippen molar-refractivity contribution >= 4 is 28.3 Å². The van der Waals surface area contributed by atoms with Gasteiger partial charge in [-0.3, -0.25) is 4.79 Å². The summed E-state index contributed by atoms with van der Waals surface area (Å²) < 4.78 is 5.32. The molecule has 0 heterocycles. The molecule has 0 aliphatic heterocycles. The van der Waals surface area contributed by atoms with Crippen molar-refractivity contribution in [3.05, 3.63) is 72.3 Å². The third-order valence-corrected chi connectivity index (χ3v) is 3.72. The van der Waals surface area contributed by atoms with Crippen LogP contribution in [0.3, 0.4) is 0 Å². The number of carbonyl (C=O) groups excluding carboxylic acids is 1. The van der Waals surface area contributed by atoms with Crippen molar-refractivity contribution in [2.45, 2.75) is 6.42 Å². The molecule has 5 heteroatoms. The van der Waals surface area contributed by atoms with E-state index in [1.54, 1.807) is 12.1 Å². The summed E-state index contributed by atoms with van der Waals surface area (Å²) in [7, 11) is 0. The van der Waals surface area contributed by atoms with Crippen LogP contribution < -0.4 is 10.1 Å². The SMILES string of the molecule is O=C(O)COc1ccc(NC(=O)Cc2ccccc2)c2ccccc12. The first-order chi connectivity index (χ1) is 12.1. The highest BCUT2D eigenvalue weighted by atomic mass is 16.5. The molecule has 0 fully saturated rings. The number of carboxylic acids is 1. The Kier molecular flexibility index (Phi) is 4.95. The fourth-order valence-electron chi connectivity index (χ4n) is 2.62. The van der Waals surface area contributed by atoms with E-state index in [1.165, 1.54) is 0 Å². The van der Waals surface area contributed by atoms with E-state index >= 15 is 0 Å². The summed E-state index contributed by atoms with van der Waals surface area (Å²) >= 11 is 0.